The van der Waals surface area contributed by atoms with Crippen molar-refractivity contribution in [2.24, 2.45) is 0 Å². The van der Waals surface area contributed by atoms with Crippen LogP contribution in [0.5, 0.6) is 11.5 Å². The molecule has 1 fully saturated rings. The van der Waals surface area contributed by atoms with Crippen molar-refractivity contribution in [2.45, 2.75) is 6.54 Å². The molecule has 1 aliphatic heterocycles. The predicted molar refractivity (Wildman–Crippen MR) is 103 cm³/mol. The molecule has 0 saturated carbocycles. The highest BCUT2D eigenvalue weighted by molar-refractivity contribution is 5.99. The van der Waals surface area contributed by atoms with Crippen LogP contribution in [-0.4, -0.2) is 56.1 Å². The van der Waals surface area contributed by atoms with Crippen LogP contribution in [0.25, 0.3) is 0 Å². The summed E-state index contributed by atoms with van der Waals surface area (Å²) in [5, 5.41) is 11.5. The lowest BCUT2D eigenvalue weighted by Gasteiger charge is -2.32. The summed E-state index contributed by atoms with van der Waals surface area (Å²) in [5.74, 6) is 0.166. The van der Waals surface area contributed by atoms with Crippen molar-refractivity contribution in [3.8, 4) is 11.5 Å². The van der Waals surface area contributed by atoms with Gasteiger partial charge in [-0.15, -0.1) is 0 Å². The third-order valence-electron chi connectivity index (χ3n) is 4.98. The monoisotopic (exact) mass is 386 g/mol. The molecule has 0 unspecified atom stereocenters. The van der Waals surface area contributed by atoms with E-state index in [9.17, 15) is 14.9 Å². The van der Waals surface area contributed by atoms with Crippen LogP contribution >= 0.6 is 0 Å². The molecule has 0 spiro atoms. The Morgan fingerprint density at radius 1 is 1.11 bits per heavy atom. The Morgan fingerprint density at radius 3 is 2.29 bits per heavy atom. The van der Waals surface area contributed by atoms with Crippen LogP contribution in [0.4, 0.5) is 5.69 Å². The van der Waals surface area contributed by atoms with E-state index < -0.39 is 4.92 Å². The number of hydrogen-bond donors (Lipinski definition) is 1. The van der Waals surface area contributed by atoms with Gasteiger partial charge in [-0.3, -0.25) is 14.9 Å². The second kappa shape index (κ2) is 8.71. The van der Waals surface area contributed by atoms with Crippen LogP contribution in [0.15, 0.2) is 42.5 Å². The number of ether oxygens (including phenoxy) is 2. The zero-order valence-corrected chi connectivity index (χ0v) is 16.0. The van der Waals surface area contributed by atoms with Gasteiger partial charge in [-0.25, -0.2) is 0 Å². The number of methoxy groups -OCH3 is 2. The molecule has 8 heteroatoms. The molecule has 2 aromatic carbocycles. The first-order valence-corrected chi connectivity index (χ1v) is 9.10. The Kier molecular flexibility index (Phi) is 6.10. The van der Waals surface area contributed by atoms with Crippen LogP contribution < -0.4 is 14.4 Å². The maximum absolute atomic E-state index is 13.0. The van der Waals surface area contributed by atoms with Gasteiger partial charge in [0.2, 0.25) is 0 Å². The van der Waals surface area contributed by atoms with Gasteiger partial charge in [0.05, 0.1) is 51.4 Å². The summed E-state index contributed by atoms with van der Waals surface area (Å²) in [6.45, 7) is 3.59. The van der Waals surface area contributed by atoms with Crippen LogP contribution in [0, 0.1) is 10.1 Å². The van der Waals surface area contributed by atoms with E-state index in [1.165, 1.54) is 36.8 Å². The zero-order valence-electron chi connectivity index (χ0n) is 16.0. The summed E-state index contributed by atoms with van der Waals surface area (Å²) in [6.07, 6.45) is 0. The summed E-state index contributed by atoms with van der Waals surface area (Å²) < 4.78 is 10.3. The van der Waals surface area contributed by atoms with Crippen molar-refractivity contribution in [1.29, 1.82) is 0 Å². The highest BCUT2D eigenvalue weighted by atomic mass is 16.6. The molecule has 0 radical (unpaired) electrons. The molecule has 2 aromatic rings. The normalized spacial score (nSPS) is 14.6. The molecule has 1 saturated heterocycles. The lowest BCUT2D eigenvalue weighted by molar-refractivity contribution is -0.917. The van der Waals surface area contributed by atoms with Crippen molar-refractivity contribution >= 4 is 11.6 Å². The number of rotatable bonds is 6. The number of benzene rings is 2. The number of piperazine rings is 1. The number of carbonyl (C=O) groups is 1. The Hall–Kier alpha value is -3.13. The molecule has 0 atom stereocenters. The first-order valence-electron chi connectivity index (χ1n) is 9.10. The van der Waals surface area contributed by atoms with Crippen LogP contribution in [0.2, 0.25) is 0 Å². The molecule has 0 aromatic heterocycles. The van der Waals surface area contributed by atoms with E-state index in [0.29, 0.717) is 18.8 Å². The van der Waals surface area contributed by atoms with Crippen LogP contribution in [-0.2, 0) is 6.54 Å². The Bertz CT molecular complexity index is 848. The Labute approximate surface area is 163 Å². The number of nitrogens with zero attached hydrogens (tertiary/aromatic N) is 2. The minimum Gasteiger partial charge on any atom is -0.493 e. The van der Waals surface area contributed by atoms with Gasteiger partial charge in [0, 0.05) is 11.6 Å². The van der Waals surface area contributed by atoms with E-state index in [1.54, 1.807) is 4.90 Å². The summed E-state index contributed by atoms with van der Waals surface area (Å²) in [6, 6.07) is 12.8. The summed E-state index contributed by atoms with van der Waals surface area (Å²) in [7, 11) is 2.83. The third-order valence-corrected chi connectivity index (χ3v) is 4.98. The third kappa shape index (κ3) is 4.23. The molecule has 28 heavy (non-hydrogen) atoms. The number of nitrogens with one attached hydrogen (secondary N) is 1. The molecule has 1 amide bonds. The van der Waals surface area contributed by atoms with E-state index in [4.69, 9.17) is 9.47 Å². The number of nitro groups is 1. The quantitative estimate of drug-likeness (QED) is 0.595. The summed E-state index contributed by atoms with van der Waals surface area (Å²) in [5.41, 5.74) is 1.00. The van der Waals surface area contributed by atoms with Gasteiger partial charge in [-0.1, -0.05) is 30.3 Å². The average molecular weight is 386 g/mol. The fraction of sp³-hybridized carbons (Fsp3) is 0.350. The second-order valence-electron chi connectivity index (χ2n) is 6.69. The van der Waals surface area contributed by atoms with Crippen molar-refractivity contribution in [2.75, 3.05) is 40.4 Å². The molecule has 1 aliphatic rings. The number of hydrogen-bond acceptors (Lipinski definition) is 5. The Balaban J connectivity index is 1.73. The molecule has 8 nitrogen and oxygen atoms in total. The highest BCUT2D eigenvalue weighted by Crippen LogP contribution is 2.35. The predicted octanol–water partition coefficient (Wildman–Crippen LogP) is 1.15. The largest absolute Gasteiger partial charge is 0.493 e. The summed E-state index contributed by atoms with van der Waals surface area (Å²) >= 11 is 0. The lowest BCUT2D eigenvalue weighted by atomic mass is 10.1. The van der Waals surface area contributed by atoms with Gasteiger partial charge in [0.15, 0.2) is 11.5 Å². The van der Waals surface area contributed by atoms with Crippen molar-refractivity contribution < 1.29 is 24.1 Å². The van der Waals surface area contributed by atoms with Crippen molar-refractivity contribution in [1.82, 2.24) is 4.90 Å². The average Bonchev–Trinajstić information content (AvgIpc) is 2.73. The highest BCUT2D eigenvalue weighted by Gasteiger charge is 2.31. The summed E-state index contributed by atoms with van der Waals surface area (Å²) in [4.78, 5) is 26.9. The lowest BCUT2D eigenvalue weighted by Crippen LogP contribution is -3.13. The fourth-order valence-electron chi connectivity index (χ4n) is 3.45. The van der Waals surface area contributed by atoms with Gasteiger partial charge < -0.3 is 19.3 Å². The van der Waals surface area contributed by atoms with E-state index in [0.717, 1.165) is 19.6 Å². The van der Waals surface area contributed by atoms with E-state index in [-0.39, 0.29) is 22.9 Å². The van der Waals surface area contributed by atoms with Gasteiger partial charge in [0.25, 0.3) is 11.6 Å². The topological polar surface area (TPSA) is 86.3 Å². The van der Waals surface area contributed by atoms with E-state index in [1.807, 2.05) is 18.2 Å². The van der Waals surface area contributed by atoms with Gasteiger partial charge in [0.1, 0.15) is 12.1 Å². The smallest absolute Gasteiger partial charge is 0.286 e. The molecule has 148 valence electrons. The SMILES string of the molecule is COc1cc(C(=O)N2CC[NH+](Cc3ccccc3)CC2)c([N+](=O)[O-])cc1OC. The number of quaternary nitrogens is 1. The number of carbonyl (C=O) groups excluding carboxylic acids is 1. The number of nitro benzene ring substituents is 1. The minimum absolute atomic E-state index is 0.0224. The second-order valence-corrected chi connectivity index (χ2v) is 6.69. The van der Waals surface area contributed by atoms with Crippen LogP contribution in [0.1, 0.15) is 15.9 Å². The first kappa shape index (κ1) is 19.6. The van der Waals surface area contributed by atoms with Gasteiger partial charge >= 0.3 is 0 Å². The molecular weight excluding hydrogens is 362 g/mol. The zero-order chi connectivity index (χ0) is 20.1. The molecule has 1 heterocycles. The van der Waals surface area contributed by atoms with Gasteiger partial charge in [-0.05, 0) is 0 Å². The molecular formula is C20H24N3O5+. The molecule has 0 bridgehead atoms. The first-order chi connectivity index (χ1) is 13.5. The molecule has 1 N–H and O–H groups in total. The Morgan fingerprint density at radius 2 is 1.71 bits per heavy atom. The maximum atomic E-state index is 13.0. The maximum Gasteiger partial charge on any atom is 0.286 e. The van der Waals surface area contributed by atoms with E-state index >= 15 is 0 Å². The number of amides is 1. The van der Waals surface area contributed by atoms with Crippen molar-refractivity contribution in [3.05, 3.63) is 63.7 Å². The molecule has 3 rings (SSSR count). The van der Waals surface area contributed by atoms with Gasteiger partial charge in [-0.2, -0.15) is 0 Å². The molecule has 0 aliphatic carbocycles. The van der Waals surface area contributed by atoms with Crippen molar-refractivity contribution in [3.63, 3.8) is 0 Å². The van der Waals surface area contributed by atoms with Crippen LogP contribution in [0.3, 0.4) is 0 Å². The fourth-order valence-corrected chi connectivity index (χ4v) is 3.45. The minimum atomic E-state index is -0.563. The standard InChI is InChI=1S/C20H23N3O5/c1-27-18-12-16(17(23(25)26)13-19(18)28-2)20(24)22-10-8-21(9-11-22)14-15-6-4-3-5-7-15/h3-7,12-13H,8-11,14H2,1-2H3/p+1. The van der Waals surface area contributed by atoms with E-state index in [2.05, 4.69) is 12.1 Å².